The van der Waals surface area contributed by atoms with Crippen LogP contribution in [0.3, 0.4) is 0 Å². The Labute approximate surface area is 134 Å². The first-order valence-electron chi connectivity index (χ1n) is 7.50. The summed E-state index contributed by atoms with van der Waals surface area (Å²) in [7, 11) is 0. The van der Waals surface area contributed by atoms with Crippen molar-refractivity contribution in [1.82, 2.24) is 15.2 Å². The van der Waals surface area contributed by atoms with Gasteiger partial charge in [-0.3, -0.25) is 4.79 Å². The summed E-state index contributed by atoms with van der Waals surface area (Å²) in [5.74, 6) is 0.866. The number of nitrogens with one attached hydrogen (secondary N) is 1. The van der Waals surface area contributed by atoms with E-state index in [0.29, 0.717) is 22.9 Å². The van der Waals surface area contributed by atoms with Gasteiger partial charge in [0.2, 0.25) is 5.91 Å². The fraction of sp³-hybridized carbons (Fsp3) is 0.533. The first-order chi connectivity index (χ1) is 10.7. The van der Waals surface area contributed by atoms with Crippen molar-refractivity contribution in [1.29, 1.82) is 5.26 Å². The van der Waals surface area contributed by atoms with Crippen LogP contribution < -0.4 is 10.2 Å². The summed E-state index contributed by atoms with van der Waals surface area (Å²) >= 11 is 6.26. The maximum absolute atomic E-state index is 12.1. The summed E-state index contributed by atoms with van der Waals surface area (Å²) in [4.78, 5) is 20.5. The smallest absolute Gasteiger partial charge is 0.236 e. The number of anilines is 1. The standard InChI is InChI=1S/C15H18ClN5O/c16-13-6-11(7-17)8-19-15(13)20-4-1-2-12(10-20)21-5-3-18-9-14(21)22/h6,8,12,18H,1-5,9-10H2. The summed E-state index contributed by atoms with van der Waals surface area (Å²) in [5.41, 5.74) is 0.458. The van der Waals surface area contributed by atoms with Gasteiger partial charge < -0.3 is 15.1 Å². The van der Waals surface area contributed by atoms with Crippen LogP contribution in [-0.4, -0.2) is 54.6 Å². The number of rotatable bonds is 2. The Hall–Kier alpha value is -1.84. The highest BCUT2D eigenvalue weighted by Gasteiger charge is 2.30. The van der Waals surface area contributed by atoms with E-state index in [2.05, 4.69) is 15.2 Å². The average Bonchev–Trinajstić information content (AvgIpc) is 2.55. The molecule has 7 heteroatoms. The van der Waals surface area contributed by atoms with Crippen LogP contribution in [0.15, 0.2) is 12.3 Å². The van der Waals surface area contributed by atoms with Crippen molar-refractivity contribution in [3.63, 3.8) is 0 Å². The zero-order chi connectivity index (χ0) is 15.5. The van der Waals surface area contributed by atoms with Crippen molar-refractivity contribution in [3.8, 4) is 6.07 Å². The predicted molar refractivity (Wildman–Crippen MR) is 83.8 cm³/mol. The number of hydrogen-bond acceptors (Lipinski definition) is 5. The Kier molecular flexibility index (Phi) is 4.46. The molecule has 0 bridgehead atoms. The lowest BCUT2D eigenvalue weighted by Gasteiger charge is -2.41. The van der Waals surface area contributed by atoms with E-state index < -0.39 is 0 Å². The number of aromatic nitrogens is 1. The third-order valence-corrected chi connectivity index (χ3v) is 4.49. The number of hydrogen-bond donors (Lipinski definition) is 1. The van der Waals surface area contributed by atoms with Crippen LogP contribution >= 0.6 is 11.6 Å². The Bertz CT molecular complexity index is 614. The van der Waals surface area contributed by atoms with Crippen molar-refractivity contribution in [2.24, 2.45) is 0 Å². The zero-order valence-corrected chi connectivity index (χ0v) is 13.0. The Morgan fingerprint density at radius 1 is 1.45 bits per heavy atom. The second-order valence-electron chi connectivity index (χ2n) is 5.65. The van der Waals surface area contributed by atoms with Gasteiger partial charge in [-0.05, 0) is 18.9 Å². The number of pyridine rings is 1. The number of carbonyl (C=O) groups is 1. The van der Waals surface area contributed by atoms with E-state index in [1.54, 1.807) is 12.3 Å². The van der Waals surface area contributed by atoms with Crippen LogP contribution in [0.1, 0.15) is 18.4 Å². The predicted octanol–water partition coefficient (Wildman–Crippen LogP) is 1.01. The molecule has 1 amide bonds. The molecule has 0 spiro atoms. The molecule has 116 valence electrons. The molecule has 0 radical (unpaired) electrons. The van der Waals surface area contributed by atoms with E-state index in [1.807, 2.05) is 11.0 Å². The van der Waals surface area contributed by atoms with Gasteiger partial charge in [0.1, 0.15) is 11.9 Å². The molecule has 1 atom stereocenters. The molecule has 1 aromatic rings. The number of nitriles is 1. The Morgan fingerprint density at radius 2 is 2.32 bits per heavy atom. The largest absolute Gasteiger partial charge is 0.353 e. The monoisotopic (exact) mass is 319 g/mol. The minimum absolute atomic E-state index is 0.164. The van der Waals surface area contributed by atoms with Gasteiger partial charge in [0, 0.05) is 38.4 Å². The molecule has 2 fully saturated rings. The lowest BCUT2D eigenvalue weighted by Crippen LogP contribution is -2.57. The maximum atomic E-state index is 12.1. The molecule has 0 aliphatic carbocycles. The molecule has 0 saturated carbocycles. The van der Waals surface area contributed by atoms with Gasteiger partial charge in [-0.15, -0.1) is 0 Å². The second-order valence-corrected chi connectivity index (χ2v) is 6.05. The summed E-state index contributed by atoms with van der Waals surface area (Å²) in [5, 5.41) is 12.5. The summed E-state index contributed by atoms with van der Waals surface area (Å²) in [6.07, 6.45) is 3.55. The normalized spacial score (nSPS) is 22.5. The van der Waals surface area contributed by atoms with Crippen LogP contribution in [0.2, 0.25) is 5.02 Å². The molecule has 2 aliphatic heterocycles. The third-order valence-electron chi connectivity index (χ3n) is 4.21. The third kappa shape index (κ3) is 3.01. The van der Waals surface area contributed by atoms with Crippen molar-refractivity contribution in [3.05, 3.63) is 22.8 Å². The number of amides is 1. The van der Waals surface area contributed by atoms with E-state index in [4.69, 9.17) is 16.9 Å². The molecule has 3 rings (SSSR count). The topological polar surface area (TPSA) is 72.3 Å². The molecule has 2 aliphatic rings. The van der Waals surface area contributed by atoms with Crippen LogP contribution in [-0.2, 0) is 4.79 Å². The van der Waals surface area contributed by atoms with Gasteiger partial charge in [0.15, 0.2) is 0 Å². The van der Waals surface area contributed by atoms with Crippen molar-refractivity contribution >= 4 is 23.3 Å². The molecule has 3 heterocycles. The summed E-state index contributed by atoms with van der Waals surface area (Å²) in [6, 6.07) is 3.89. The van der Waals surface area contributed by atoms with Gasteiger partial charge >= 0.3 is 0 Å². The van der Waals surface area contributed by atoms with Crippen LogP contribution in [0, 0.1) is 11.3 Å². The SMILES string of the molecule is N#Cc1cnc(N2CCCC(N3CCNCC3=O)C2)c(Cl)c1. The van der Waals surface area contributed by atoms with Crippen LogP contribution in [0.25, 0.3) is 0 Å². The summed E-state index contributed by atoms with van der Waals surface area (Å²) < 4.78 is 0. The minimum atomic E-state index is 0.164. The lowest BCUT2D eigenvalue weighted by atomic mass is 10.0. The highest BCUT2D eigenvalue weighted by Crippen LogP contribution is 2.28. The van der Waals surface area contributed by atoms with Crippen LogP contribution in [0.4, 0.5) is 5.82 Å². The van der Waals surface area contributed by atoms with Crippen LogP contribution in [0.5, 0.6) is 0 Å². The molecule has 2 saturated heterocycles. The Morgan fingerprint density at radius 3 is 3.05 bits per heavy atom. The van der Waals surface area contributed by atoms with Gasteiger partial charge in [-0.1, -0.05) is 11.6 Å². The molecule has 1 unspecified atom stereocenters. The fourth-order valence-corrected chi connectivity index (χ4v) is 3.42. The molecule has 6 nitrogen and oxygen atoms in total. The van der Waals surface area contributed by atoms with E-state index in [0.717, 1.165) is 39.0 Å². The summed E-state index contributed by atoms with van der Waals surface area (Å²) in [6.45, 7) is 3.64. The van der Waals surface area contributed by atoms with E-state index in [9.17, 15) is 4.79 Å². The lowest BCUT2D eigenvalue weighted by molar-refractivity contribution is -0.134. The molecular weight excluding hydrogens is 302 g/mol. The fourth-order valence-electron chi connectivity index (χ4n) is 3.13. The Balaban J connectivity index is 1.75. The zero-order valence-electron chi connectivity index (χ0n) is 12.3. The molecule has 22 heavy (non-hydrogen) atoms. The minimum Gasteiger partial charge on any atom is -0.353 e. The highest BCUT2D eigenvalue weighted by molar-refractivity contribution is 6.33. The highest BCUT2D eigenvalue weighted by atomic mass is 35.5. The molecule has 1 aromatic heterocycles. The van der Waals surface area contributed by atoms with E-state index in [-0.39, 0.29) is 11.9 Å². The second kappa shape index (κ2) is 6.51. The molecule has 0 aromatic carbocycles. The number of halogens is 1. The van der Waals surface area contributed by atoms with E-state index in [1.165, 1.54) is 0 Å². The molecule has 1 N–H and O–H groups in total. The first-order valence-corrected chi connectivity index (χ1v) is 7.87. The number of piperidine rings is 1. The maximum Gasteiger partial charge on any atom is 0.236 e. The van der Waals surface area contributed by atoms with Gasteiger partial charge in [-0.25, -0.2) is 4.98 Å². The quantitative estimate of drug-likeness (QED) is 0.880. The number of piperazine rings is 1. The average molecular weight is 320 g/mol. The van der Waals surface area contributed by atoms with Gasteiger partial charge in [0.25, 0.3) is 0 Å². The van der Waals surface area contributed by atoms with Gasteiger partial charge in [-0.2, -0.15) is 5.26 Å². The number of carbonyl (C=O) groups excluding carboxylic acids is 1. The molecular formula is C15H18ClN5O. The van der Waals surface area contributed by atoms with Crippen molar-refractivity contribution in [2.75, 3.05) is 37.6 Å². The van der Waals surface area contributed by atoms with Crippen molar-refractivity contribution < 1.29 is 4.79 Å². The van der Waals surface area contributed by atoms with Gasteiger partial charge in [0.05, 0.1) is 17.1 Å². The number of nitrogens with zero attached hydrogens (tertiary/aromatic N) is 4. The van der Waals surface area contributed by atoms with E-state index >= 15 is 0 Å². The first kappa shape index (κ1) is 15.1. The van der Waals surface area contributed by atoms with Crippen molar-refractivity contribution in [2.45, 2.75) is 18.9 Å².